The van der Waals surface area contributed by atoms with Gasteiger partial charge in [-0.1, -0.05) is 22.0 Å². The molecule has 1 heterocycles. The van der Waals surface area contributed by atoms with Gasteiger partial charge in [-0.05, 0) is 49.4 Å². The fraction of sp³-hybridized carbons (Fsp3) is 0.333. The number of carbonyl (C=O) groups is 2. The van der Waals surface area contributed by atoms with E-state index in [-0.39, 0.29) is 18.4 Å². The average Bonchev–Trinajstić information content (AvgIpc) is 2.73. The lowest BCUT2D eigenvalue weighted by Gasteiger charge is -2.34. The molecule has 7 heteroatoms. The minimum absolute atomic E-state index is 0.0148. The van der Waals surface area contributed by atoms with Gasteiger partial charge in [-0.15, -0.1) is 0 Å². The Morgan fingerprint density at radius 2 is 1.54 bits per heavy atom. The summed E-state index contributed by atoms with van der Waals surface area (Å²) in [7, 11) is 0. The lowest BCUT2D eigenvalue weighted by molar-refractivity contribution is -0.134. The van der Waals surface area contributed by atoms with Gasteiger partial charge in [0.05, 0.1) is 6.61 Å². The molecule has 0 aromatic heterocycles. The monoisotopic (exact) mass is 446 g/mol. The van der Waals surface area contributed by atoms with E-state index in [1.54, 1.807) is 28.0 Å². The van der Waals surface area contributed by atoms with Gasteiger partial charge in [-0.2, -0.15) is 0 Å². The third-order valence-electron chi connectivity index (χ3n) is 4.49. The first-order valence-electron chi connectivity index (χ1n) is 9.25. The van der Waals surface area contributed by atoms with E-state index in [1.807, 2.05) is 37.3 Å². The van der Waals surface area contributed by atoms with Crippen LogP contribution in [0.15, 0.2) is 53.0 Å². The Balaban J connectivity index is 1.46. The van der Waals surface area contributed by atoms with Crippen molar-refractivity contribution in [3.63, 3.8) is 0 Å². The molecule has 0 spiro atoms. The Kier molecular flexibility index (Phi) is 6.92. The van der Waals surface area contributed by atoms with Crippen molar-refractivity contribution >= 4 is 27.7 Å². The van der Waals surface area contributed by atoms with Gasteiger partial charge in [-0.25, -0.2) is 0 Å². The summed E-state index contributed by atoms with van der Waals surface area (Å²) in [4.78, 5) is 28.5. The Morgan fingerprint density at radius 1 is 0.929 bits per heavy atom. The van der Waals surface area contributed by atoms with Crippen LogP contribution in [0.1, 0.15) is 17.3 Å². The van der Waals surface area contributed by atoms with Gasteiger partial charge in [0.2, 0.25) is 0 Å². The third-order valence-corrected chi connectivity index (χ3v) is 4.98. The van der Waals surface area contributed by atoms with Gasteiger partial charge in [-0.3, -0.25) is 9.59 Å². The SMILES string of the molecule is CCOc1ccc(OCC(=O)N2CCN(C(=O)c3cccc(Br)c3)CC2)cc1. The molecule has 1 aliphatic rings. The minimum Gasteiger partial charge on any atom is -0.494 e. The van der Waals surface area contributed by atoms with Crippen LogP contribution in [-0.2, 0) is 4.79 Å². The van der Waals surface area contributed by atoms with Crippen molar-refractivity contribution < 1.29 is 19.1 Å². The Hall–Kier alpha value is -2.54. The van der Waals surface area contributed by atoms with E-state index in [2.05, 4.69) is 15.9 Å². The average molecular weight is 447 g/mol. The smallest absolute Gasteiger partial charge is 0.260 e. The van der Waals surface area contributed by atoms with E-state index in [4.69, 9.17) is 9.47 Å². The second-order valence-corrected chi connectivity index (χ2v) is 7.29. The number of hydrogen-bond donors (Lipinski definition) is 0. The van der Waals surface area contributed by atoms with Crippen molar-refractivity contribution in [2.75, 3.05) is 39.4 Å². The summed E-state index contributed by atoms with van der Waals surface area (Å²) in [6, 6.07) is 14.5. The van der Waals surface area contributed by atoms with E-state index in [0.717, 1.165) is 10.2 Å². The second kappa shape index (κ2) is 9.59. The number of piperazine rings is 1. The highest BCUT2D eigenvalue weighted by Crippen LogP contribution is 2.18. The molecule has 6 nitrogen and oxygen atoms in total. The van der Waals surface area contributed by atoms with Crippen LogP contribution in [0.25, 0.3) is 0 Å². The molecular formula is C21H23BrN2O4. The zero-order chi connectivity index (χ0) is 19.9. The first-order chi connectivity index (χ1) is 13.6. The molecule has 1 saturated heterocycles. The van der Waals surface area contributed by atoms with Gasteiger partial charge in [0.1, 0.15) is 11.5 Å². The minimum atomic E-state index is -0.0801. The molecule has 0 saturated carbocycles. The molecule has 2 aromatic rings. The van der Waals surface area contributed by atoms with E-state index in [9.17, 15) is 9.59 Å². The molecule has 28 heavy (non-hydrogen) atoms. The van der Waals surface area contributed by atoms with Crippen LogP contribution in [-0.4, -0.2) is 61.0 Å². The Morgan fingerprint density at radius 3 is 2.14 bits per heavy atom. The highest BCUT2D eigenvalue weighted by atomic mass is 79.9. The molecule has 2 aromatic carbocycles. The van der Waals surface area contributed by atoms with Crippen LogP contribution in [0.4, 0.5) is 0 Å². The Labute approximate surface area is 173 Å². The molecule has 148 valence electrons. The number of carbonyl (C=O) groups excluding carboxylic acids is 2. The molecule has 1 aliphatic heterocycles. The van der Waals surface area contributed by atoms with Crippen molar-refractivity contribution in [2.24, 2.45) is 0 Å². The first-order valence-corrected chi connectivity index (χ1v) is 10.0. The maximum Gasteiger partial charge on any atom is 0.260 e. The maximum absolute atomic E-state index is 12.6. The topological polar surface area (TPSA) is 59.1 Å². The zero-order valence-corrected chi connectivity index (χ0v) is 17.4. The lowest BCUT2D eigenvalue weighted by atomic mass is 10.2. The van der Waals surface area contributed by atoms with E-state index in [1.165, 1.54) is 0 Å². The molecule has 3 rings (SSSR count). The van der Waals surface area contributed by atoms with Crippen LogP contribution in [0.5, 0.6) is 11.5 Å². The lowest BCUT2D eigenvalue weighted by Crippen LogP contribution is -2.51. The molecule has 0 radical (unpaired) electrons. The highest BCUT2D eigenvalue weighted by molar-refractivity contribution is 9.10. The van der Waals surface area contributed by atoms with Gasteiger partial charge in [0.15, 0.2) is 6.61 Å². The number of benzene rings is 2. The van der Waals surface area contributed by atoms with E-state index in [0.29, 0.717) is 44.1 Å². The van der Waals surface area contributed by atoms with Crippen molar-refractivity contribution in [3.05, 3.63) is 58.6 Å². The zero-order valence-electron chi connectivity index (χ0n) is 15.8. The first kappa shape index (κ1) is 20.2. The molecule has 0 unspecified atom stereocenters. The van der Waals surface area contributed by atoms with E-state index >= 15 is 0 Å². The Bertz CT molecular complexity index is 817. The molecule has 0 aliphatic carbocycles. The number of nitrogens with zero attached hydrogens (tertiary/aromatic N) is 2. The second-order valence-electron chi connectivity index (χ2n) is 6.38. The summed E-state index contributed by atoms with van der Waals surface area (Å²) in [5.41, 5.74) is 0.646. The fourth-order valence-corrected chi connectivity index (χ4v) is 3.40. The summed E-state index contributed by atoms with van der Waals surface area (Å²) in [5.74, 6) is 1.30. The third kappa shape index (κ3) is 5.25. The summed E-state index contributed by atoms with van der Waals surface area (Å²) >= 11 is 3.39. The summed E-state index contributed by atoms with van der Waals surface area (Å²) in [6.45, 7) is 4.55. The maximum atomic E-state index is 12.6. The standard InChI is InChI=1S/C21H23BrN2O4/c1-2-27-18-6-8-19(9-7-18)28-15-20(25)23-10-12-24(13-11-23)21(26)16-4-3-5-17(22)14-16/h3-9,14H,2,10-13,15H2,1H3. The summed E-state index contributed by atoms with van der Waals surface area (Å²) in [6.07, 6.45) is 0. The molecular weight excluding hydrogens is 424 g/mol. The van der Waals surface area contributed by atoms with Gasteiger partial charge in [0, 0.05) is 36.2 Å². The number of hydrogen-bond acceptors (Lipinski definition) is 4. The number of rotatable bonds is 6. The molecule has 0 atom stereocenters. The van der Waals surface area contributed by atoms with E-state index < -0.39 is 0 Å². The normalized spacial score (nSPS) is 13.9. The van der Waals surface area contributed by atoms with Crippen molar-refractivity contribution in [1.82, 2.24) is 9.80 Å². The van der Waals surface area contributed by atoms with Crippen LogP contribution >= 0.6 is 15.9 Å². The molecule has 1 fully saturated rings. The van der Waals surface area contributed by atoms with Crippen molar-refractivity contribution in [1.29, 1.82) is 0 Å². The van der Waals surface area contributed by atoms with Crippen LogP contribution in [0.3, 0.4) is 0 Å². The van der Waals surface area contributed by atoms with Crippen LogP contribution in [0.2, 0.25) is 0 Å². The summed E-state index contributed by atoms with van der Waals surface area (Å²) in [5, 5.41) is 0. The van der Waals surface area contributed by atoms with Crippen LogP contribution in [0, 0.1) is 0 Å². The molecule has 0 bridgehead atoms. The van der Waals surface area contributed by atoms with Gasteiger partial charge >= 0.3 is 0 Å². The fourth-order valence-electron chi connectivity index (χ4n) is 3.00. The quantitative estimate of drug-likeness (QED) is 0.683. The number of amides is 2. The molecule has 0 N–H and O–H groups in total. The number of ether oxygens (including phenoxy) is 2. The summed E-state index contributed by atoms with van der Waals surface area (Å²) < 4.78 is 11.8. The highest BCUT2D eigenvalue weighted by Gasteiger charge is 2.25. The van der Waals surface area contributed by atoms with Gasteiger partial charge < -0.3 is 19.3 Å². The number of halogens is 1. The van der Waals surface area contributed by atoms with Crippen molar-refractivity contribution in [2.45, 2.75) is 6.92 Å². The largest absolute Gasteiger partial charge is 0.494 e. The predicted molar refractivity (Wildman–Crippen MR) is 110 cm³/mol. The van der Waals surface area contributed by atoms with Crippen LogP contribution < -0.4 is 9.47 Å². The van der Waals surface area contributed by atoms with Gasteiger partial charge in [0.25, 0.3) is 11.8 Å². The molecule has 2 amide bonds. The van der Waals surface area contributed by atoms with Crippen molar-refractivity contribution in [3.8, 4) is 11.5 Å². The predicted octanol–water partition coefficient (Wildman–Crippen LogP) is 3.21.